The number of carbonyl (C=O) groups excluding carboxylic acids is 1. The summed E-state index contributed by atoms with van der Waals surface area (Å²) in [6.45, 7) is 3.19. The lowest BCUT2D eigenvalue weighted by Crippen LogP contribution is -2.34. The molecule has 0 bridgehead atoms. The van der Waals surface area contributed by atoms with Crippen LogP contribution in [0.4, 0.5) is 0 Å². The smallest absolute Gasteiger partial charge is 0.270 e. The van der Waals surface area contributed by atoms with Crippen molar-refractivity contribution < 1.29 is 9.90 Å². The number of nitrogens with zero attached hydrogens (tertiary/aromatic N) is 2. The van der Waals surface area contributed by atoms with E-state index < -0.39 is 5.60 Å². The number of likely N-dealkylation sites (tertiary alicyclic amines) is 1. The molecule has 0 spiro atoms. The van der Waals surface area contributed by atoms with Gasteiger partial charge in [0, 0.05) is 30.8 Å². The first-order valence-electron chi connectivity index (χ1n) is 6.22. The Balaban J connectivity index is 2.12. The molecule has 1 fully saturated rings. The van der Waals surface area contributed by atoms with E-state index in [2.05, 4.69) is 15.9 Å². The molecule has 4 nitrogen and oxygen atoms in total. The molecule has 0 aliphatic carbocycles. The van der Waals surface area contributed by atoms with Gasteiger partial charge in [0.2, 0.25) is 0 Å². The van der Waals surface area contributed by atoms with E-state index in [1.807, 2.05) is 35.7 Å². The fourth-order valence-electron chi connectivity index (χ4n) is 2.37. The quantitative estimate of drug-likeness (QED) is 0.863. The normalized spacial score (nSPS) is 25.0. The van der Waals surface area contributed by atoms with Crippen LogP contribution in [0.1, 0.15) is 36.7 Å². The molecule has 1 saturated heterocycles. The molecule has 2 heterocycles. The molecule has 1 aliphatic heterocycles. The monoisotopic (exact) mass is 314 g/mol. The lowest BCUT2D eigenvalue weighted by Gasteiger charge is -2.22. The molecule has 1 amide bonds. The number of rotatable bonds is 1. The Morgan fingerprint density at radius 2 is 2.17 bits per heavy atom. The summed E-state index contributed by atoms with van der Waals surface area (Å²) >= 11 is 3.38. The van der Waals surface area contributed by atoms with Gasteiger partial charge in [-0.2, -0.15) is 0 Å². The summed E-state index contributed by atoms with van der Waals surface area (Å²) < 4.78 is 2.74. The van der Waals surface area contributed by atoms with Crippen LogP contribution in [0.3, 0.4) is 0 Å². The average Bonchev–Trinajstić information content (AvgIpc) is 2.50. The summed E-state index contributed by atoms with van der Waals surface area (Å²) in [5, 5.41) is 10.0. The molecule has 18 heavy (non-hydrogen) atoms. The molecule has 1 unspecified atom stereocenters. The van der Waals surface area contributed by atoms with Gasteiger partial charge in [-0.25, -0.2) is 0 Å². The number of aromatic nitrogens is 1. The molecule has 0 radical (unpaired) electrons. The first kappa shape index (κ1) is 13.6. The van der Waals surface area contributed by atoms with Crippen LogP contribution in [-0.2, 0) is 7.05 Å². The van der Waals surface area contributed by atoms with Crippen LogP contribution in [0.15, 0.2) is 16.7 Å². The molecule has 5 heteroatoms. The molecule has 1 aliphatic rings. The maximum Gasteiger partial charge on any atom is 0.270 e. The third-order valence-corrected chi connectivity index (χ3v) is 3.98. The summed E-state index contributed by atoms with van der Waals surface area (Å²) in [7, 11) is 1.87. The van der Waals surface area contributed by atoms with Crippen molar-refractivity contribution in [2.24, 2.45) is 7.05 Å². The van der Waals surface area contributed by atoms with E-state index in [0.717, 1.165) is 23.9 Å². The Labute approximate surface area is 116 Å². The summed E-state index contributed by atoms with van der Waals surface area (Å²) in [5.74, 6) is 0.0425. The van der Waals surface area contributed by atoms with Crippen molar-refractivity contribution in [1.29, 1.82) is 0 Å². The summed E-state index contributed by atoms with van der Waals surface area (Å²) in [6.07, 6.45) is 4.13. The molecule has 0 aromatic carbocycles. The predicted molar refractivity (Wildman–Crippen MR) is 73.5 cm³/mol. The fourth-order valence-corrected chi connectivity index (χ4v) is 2.89. The zero-order chi connectivity index (χ0) is 13.3. The van der Waals surface area contributed by atoms with E-state index in [-0.39, 0.29) is 5.91 Å². The second kappa shape index (κ2) is 5.05. The van der Waals surface area contributed by atoms with E-state index >= 15 is 0 Å². The van der Waals surface area contributed by atoms with Gasteiger partial charge in [-0.1, -0.05) is 0 Å². The van der Waals surface area contributed by atoms with Crippen molar-refractivity contribution in [2.75, 3.05) is 13.1 Å². The largest absolute Gasteiger partial charge is 0.390 e. The van der Waals surface area contributed by atoms with Gasteiger partial charge in [0.05, 0.1) is 5.60 Å². The molecule has 1 N–H and O–H groups in total. The highest BCUT2D eigenvalue weighted by molar-refractivity contribution is 9.10. The maximum absolute atomic E-state index is 12.4. The van der Waals surface area contributed by atoms with Crippen molar-refractivity contribution in [3.63, 3.8) is 0 Å². The van der Waals surface area contributed by atoms with Crippen LogP contribution in [0, 0.1) is 0 Å². The SMILES string of the molecule is Cn1cc(Br)cc1C(=O)N1CCCC(C)(O)CC1. The summed E-state index contributed by atoms with van der Waals surface area (Å²) in [4.78, 5) is 14.2. The number of aliphatic hydroxyl groups is 1. The zero-order valence-corrected chi connectivity index (χ0v) is 12.4. The van der Waals surface area contributed by atoms with Crippen molar-refractivity contribution in [2.45, 2.75) is 31.8 Å². The van der Waals surface area contributed by atoms with Crippen LogP contribution in [0.5, 0.6) is 0 Å². The second-order valence-electron chi connectivity index (χ2n) is 5.30. The lowest BCUT2D eigenvalue weighted by molar-refractivity contribution is 0.0437. The highest BCUT2D eigenvalue weighted by Gasteiger charge is 2.28. The van der Waals surface area contributed by atoms with E-state index in [0.29, 0.717) is 18.7 Å². The fraction of sp³-hybridized carbons (Fsp3) is 0.615. The Morgan fingerprint density at radius 1 is 1.44 bits per heavy atom. The summed E-state index contributed by atoms with van der Waals surface area (Å²) in [5.41, 5.74) is 0.0486. The van der Waals surface area contributed by atoms with Crippen LogP contribution >= 0.6 is 15.9 Å². The van der Waals surface area contributed by atoms with Gasteiger partial charge < -0.3 is 14.6 Å². The van der Waals surface area contributed by atoms with Gasteiger partial charge in [0.25, 0.3) is 5.91 Å². The molecule has 1 aromatic rings. The highest BCUT2D eigenvalue weighted by Crippen LogP contribution is 2.23. The van der Waals surface area contributed by atoms with E-state index in [1.54, 1.807) is 0 Å². The Bertz CT molecular complexity index is 454. The lowest BCUT2D eigenvalue weighted by atomic mass is 9.98. The topological polar surface area (TPSA) is 45.5 Å². The van der Waals surface area contributed by atoms with Crippen LogP contribution in [0.25, 0.3) is 0 Å². The van der Waals surface area contributed by atoms with Gasteiger partial charge in [0.1, 0.15) is 5.69 Å². The molecule has 1 atom stereocenters. The summed E-state index contributed by atoms with van der Waals surface area (Å²) in [6, 6.07) is 1.84. The van der Waals surface area contributed by atoms with E-state index in [4.69, 9.17) is 0 Å². The standard InChI is InChI=1S/C13H19BrN2O2/c1-13(18)4-3-6-16(7-5-13)12(17)11-8-10(14)9-15(11)2/h8-9,18H,3-7H2,1-2H3. The average molecular weight is 315 g/mol. The first-order chi connectivity index (χ1) is 8.39. The van der Waals surface area contributed by atoms with Gasteiger partial charge in [0.15, 0.2) is 0 Å². The van der Waals surface area contributed by atoms with Gasteiger partial charge in [-0.15, -0.1) is 0 Å². The van der Waals surface area contributed by atoms with Crippen LogP contribution in [0.2, 0.25) is 0 Å². The maximum atomic E-state index is 12.4. The molecule has 2 rings (SSSR count). The zero-order valence-electron chi connectivity index (χ0n) is 10.8. The number of halogens is 1. The van der Waals surface area contributed by atoms with Gasteiger partial charge >= 0.3 is 0 Å². The number of hydrogen-bond donors (Lipinski definition) is 1. The number of hydrogen-bond acceptors (Lipinski definition) is 2. The van der Waals surface area contributed by atoms with Gasteiger partial charge in [-0.3, -0.25) is 4.79 Å². The minimum atomic E-state index is -0.635. The van der Waals surface area contributed by atoms with Crippen molar-refractivity contribution in [3.05, 3.63) is 22.4 Å². The third kappa shape index (κ3) is 2.95. The number of carbonyl (C=O) groups is 1. The molecular weight excluding hydrogens is 296 g/mol. The van der Waals surface area contributed by atoms with Crippen LogP contribution in [-0.4, -0.2) is 39.2 Å². The molecule has 100 valence electrons. The number of amides is 1. The Hall–Kier alpha value is -0.810. The Kier molecular flexibility index (Phi) is 3.82. The molecule has 0 saturated carbocycles. The number of aryl methyl sites for hydroxylation is 1. The van der Waals surface area contributed by atoms with Crippen molar-refractivity contribution >= 4 is 21.8 Å². The predicted octanol–water partition coefficient (Wildman–Crippen LogP) is 2.16. The van der Waals surface area contributed by atoms with Crippen molar-refractivity contribution in [1.82, 2.24) is 9.47 Å². The minimum absolute atomic E-state index is 0.0425. The first-order valence-corrected chi connectivity index (χ1v) is 7.02. The Morgan fingerprint density at radius 3 is 2.78 bits per heavy atom. The molecule has 1 aromatic heterocycles. The van der Waals surface area contributed by atoms with Crippen molar-refractivity contribution in [3.8, 4) is 0 Å². The van der Waals surface area contributed by atoms with E-state index in [9.17, 15) is 9.90 Å². The second-order valence-corrected chi connectivity index (χ2v) is 6.21. The van der Waals surface area contributed by atoms with Crippen LogP contribution < -0.4 is 0 Å². The minimum Gasteiger partial charge on any atom is -0.390 e. The third-order valence-electron chi connectivity index (χ3n) is 3.54. The van der Waals surface area contributed by atoms with Gasteiger partial charge in [-0.05, 0) is 48.2 Å². The molecular formula is C13H19BrN2O2. The highest BCUT2D eigenvalue weighted by atomic mass is 79.9. The van der Waals surface area contributed by atoms with E-state index in [1.165, 1.54) is 0 Å².